The molecule has 0 aliphatic carbocycles. The molecule has 0 radical (unpaired) electrons. The molecular formula is C16H14FN3S. The largest absolute Gasteiger partial charge is 0.274 e. The predicted molar refractivity (Wildman–Crippen MR) is 82.3 cm³/mol. The van der Waals surface area contributed by atoms with Crippen LogP contribution in [0.4, 0.5) is 4.39 Å². The van der Waals surface area contributed by atoms with E-state index < -0.39 is 0 Å². The van der Waals surface area contributed by atoms with Crippen LogP contribution < -0.4 is 0 Å². The lowest BCUT2D eigenvalue weighted by molar-refractivity contribution is 0.627. The summed E-state index contributed by atoms with van der Waals surface area (Å²) in [7, 11) is 0. The Labute approximate surface area is 126 Å². The van der Waals surface area contributed by atoms with Crippen molar-refractivity contribution in [2.45, 2.75) is 11.6 Å². The molecule has 3 nitrogen and oxygen atoms in total. The van der Waals surface area contributed by atoms with E-state index >= 15 is 0 Å². The maximum Gasteiger partial charge on any atom is 0.195 e. The molecule has 3 rings (SSSR count). The maximum absolute atomic E-state index is 13.1. The van der Waals surface area contributed by atoms with Crippen molar-refractivity contribution in [1.29, 1.82) is 0 Å². The van der Waals surface area contributed by atoms with Crippen LogP contribution in [0.1, 0.15) is 11.4 Å². The number of hydrogen-bond acceptors (Lipinski definition) is 3. The lowest BCUT2D eigenvalue weighted by Gasteiger charge is -2.09. The Bertz CT molecular complexity index is 723. The fourth-order valence-corrected chi connectivity index (χ4v) is 2.69. The van der Waals surface area contributed by atoms with Crippen molar-refractivity contribution in [3.8, 4) is 5.69 Å². The lowest BCUT2D eigenvalue weighted by Crippen LogP contribution is -2.03. The molecule has 0 saturated heterocycles. The predicted octanol–water partition coefficient (Wildman–Crippen LogP) is 3.72. The monoisotopic (exact) mass is 299 g/mol. The van der Waals surface area contributed by atoms with Crippen molar-refractivity contribution in [3.63, 3.8) is 0 Å². The number of hydrogen-bond donors (Lipinski definition) is 0. The Hall–Kier alpha value is -2.14. The highest BCUT2D eigenvalue weighted by atomic mass is 32.2. The molecule has 2 aromatic carbocycles. The molecule has 0 unspecified atom stereocenters. The molecule has 0 aliphatic rings. The van der Waals surface area contributed by atoms with E-state index in [1.807, 2.05) is 29.0 Å². The highest BCUT2D eigenvalue weighted by molar-refractivity contribution is 7.98. The van der Waals surface area contributed by atoms with Crippen molar-refractivity contribution < 1.29 is 4.39 Å². The van der Waals surface area contributed by atoms with Gasteiger partial charge in [-0.1, -0.05) is 42.1 Å². The topological polar surface area (TPSA) is 30.7 Å². The van der Waals surface area contributed by atoms with E-state index in [4.69, 9.17) is 0 Å². The van der Waals surface area contributed by atoms with E-state index in [1.54, 1.807) is 12.1 Å². The second-order valence-electron chi connectivity index (χ2n) is 4.58. The van der Waals surface area contributed by atoms with E-state index in [1.165, 1.54) is 29.5 Å². The third-order valence-corrected chi connectivity index (χ3v) is 3.80. The van der Waals surface area contributed by atoms with E-state index in [2.05, 4.69) is 22.3 Å². The number of benzene rings is 2. The zero-order valence-electron chi connectivity index (χ0n) is 11.5. The first-order valence-electron chi connectivity index (χ1n) is 6.56. The Morgan fingerprint density at radius 3 is 2.38 bits per heavy atom. The molecule has 1 aromatic heterocycles. The lowest BCUT2D eigenvalue weighted by atomic mass is 10.1. The minimum Gasteiger partial charge on any atom is -0.274 e. The molecule has 3 aromatic rings. The van der Waals surface area contributed by atoms with Gasteiger partial charge in [0.05, 0.1) is 0 Å². The molecule has 1 heterocycles. The summed E-state index contributed by atoms with van der Waals surface area (Å²) in [6.45, 7) is 0. The first kappa shape index (κ1) is 13.8. The zero-order chi connectivity index (χ0) is 14.7. The SMILES string of the molecule is CSc1nnc(Cc2ccccc2)n1-c1ccc(F)cc1. The molecular weight excluding hydrogens is 285 g/mol. The standard InChI is InChI=1S/C16H14FN3S/c1-21-16-19-18-15(11-12-5-3-2-4-6-12)20(16)14-9-7-13(17)8-10-14/h2-10H,11H2,1H3. The van der Waals surface area contributed by atoms with Gasteiger partial charge in [0.25, 0.3) is 0 Å². The van der Waals surface area contributed by atoms with Gasteiger partial charge >= 0.3 is 0 Å². The molecule has 0 bridgehead atoms. The van der Waals surface area contributed by atoms with Crippen molar-refractivity contribution in [2.75, 3.05) is 6.26 Å². The van der Waals surface area contributed by atoms with Crippen LogP contribution in [0.2, 0.25) is 0 Å². The summed E-state index contributed by atoms with van der Waals surface area (Å²) in [6, 6.07) is 16.5. The van der Waals surface area contributed by atoms with Crippen molar-refractivity contribution in [1.82, 2.24) is 14.8 Å². The summed E-state index contributed by atoms with van der Waals surface area (Å²) in [5.74, 6) is 0.597. The highest BCUT2D eigenvalue weighted by Gasteiger charge is 2.13. The summed E-state index contributed by atoms with van der Waals surface area (Å²) in [4.78, 5) is 0. The van der Waals surface area contributed by atoms with Crippen LogP contribution in [-0.2, 0) is 6.42 Å². The third-order valence-electron chi connectivity index (χ3n) is 3.17. The molecule has 0 N–H and O–H groups in total. The van der Waals surface area contributed by atoms with Gasteiger partial charge in [0.2, 0.25) is 0 Å². The maximum atomic E-state index is 13.1. The summed E-state index contributed by atoms with van der Waals surface area (Å²) >= 11 is 1.52. The molecule has 0 spiro atoms. The minimum atomic E-state index is -0.248. The van der Waals surface area contributed by atoms with Gasteiger partial charge in [0, 0.05) is 12.1 Å². The molecule has 0 fully saturated rings. The van der Waals surface area contributed by atoms with Crippen LogP contribution in [0.3, 0.4) is 0 Å². The summed E-state index contributed by atoms with van der Waals surface area (Å²) in [5.41, 5.74) is 2.04. The van der Waals surface area contributed by atoms with E-state index in [9.17, 15) is 4.39 Å². The fourth-order valence-electron chi connectivity index (χ4n) is 2.17. The minimum absolute atomic E-state index is 0.248. The second kappa shape index (κ2) is 6.10. The van der Waals surface area contributed by atoms with E-state index in [0.717, 1.165) is 16.7 Å². The molecule has 5 heteroatoms. The molecule has 0 saturated carbocycles. The average Bonchev–Trinajstić information content (AvgIpc) is 2.92. The third kappa shape index (κ3) is 2.97. The molecule has 0 amide bonds. The summed E-state index contributed by atoms with van der Waals surface area (Å²) < 4.78 is 15.1. The quantitative estimate of drug-likeness (QED) is 0.688. The Morgan fingerprint density at radius 2 is 1.71 bits per heavy atom. The van der Waals surface area contributed by atoms with E-state index in [-0.39, 0.29) is 5.82 Å². The van der Waals surface area contributed by atoms with Gasteiger partial charge in [0.1, 0.15) is 11.6 Å². The van der Waals surface area contributed by atoms with Gasteiger partial charge in [-0.25, -0.2) is 4.39 Å². The number of thioether (sulfide) groups is 1. The Balaban J connectivity index is 2.02. The van der Waals surface area contributed by atoms with E-state index in [0.29, 0.717) is 6.42 Å². The average molecular weight is 299 g/mol. The summed E-state index contributed by atoms with van der Waals surface area (Å²) in [5, 5.41) is 9.29. The first-order chi connectivity index (χ1) is 10.3. The number of aromatic nitrogens is 3. The molecule has 0 atom stereocenters. The van der Waals surface area contributed by atoms with Crippen molar-refractivity contribution >= 4 is 11.8 Å². The number of rotatable bonds is 4. The zero-order valence-corrected chi connectivity index (χ0v) is 12.3. The van der Waals surface area contributed by atoms with Gasteiger partial charge in [-0.05, 0) is 36.1 Å². The van der Waals surface area contributed by atoms with Crippen LogP contribution in [0.5, 0.6) is 0 Å². The van der Waals surface area contributed by atoms with Gasteiger partial charge < -0.3 is 0 Å². The van der Waals surface area contributed by atoms with Gasteiger partial charge in [-0.15, -0.1) is 10.2 Å². The van der Waals surface area contributed by atoms with Crippen LogP contribution in [0.15, 0.2) is 59.8 Å². The second-order valence-corrected chi connectivity index (χ2v) is 5.35. The van der Waals surface area contributed by atoms with Gasteiger partial charge in [0.15, 0.2) is 5.16 Å². The smallest absolute Gasteiger partial charge is 0.195 e. The van der Waals surface area contributed by atoms with Crippen molar-refractivity contribution in [3.05, 3.63) is 71.8 Å². The summed E-state index contributed by atoms with van der Waals surface area (Å²) in [6.07, 6.45) is 2.64. The number of nitrogens with zero attached hydrogens (tertiary/aromatic N) is 3. The Kier molecular flexibility index (Phi) is 4.01. The van der Waals surface area contributed by atoms with Crippen LogP contribution in [0, 0.1) is 5.82 Å². The molecule has 21 heavy (non-hydrogen) atoms. The number of halogens is 1. The molecule has 0 aliphatic heterocycles. The highest BCUT2D eigenvalue weighted by Crippen LogP contribution is 2.22. The molecule has 106 valence electrons. The van der Waals surface area contributed by atoms with Crippen LogP contribution in [-0.4, -0.2) is 21.0 Å². The van der Waals surface area contributed by atoms with Crippen molar-refractivity contribution in [2.24, 2.45) is 0 Å². The fraction of sp³-hybridized carbons (Fsp3) is 0.125. The van der Waals surface area contributed by atoms with Crippen LogP contribution in [0.25, 0.3) is 5.69 Å². The normalized spacial score (nSPS) is 10.8. The first-order valence-corrected chi connectivity index (χ1v) is 7.78. The van der Waals surface area contributed by atoms with Crippen LogP contribution >= 0.6 is 11.8 Å². The van der Waals surface area contributed by atoms with Gasteiger partial charge in [-0.2, -0.15) is 0 Å². The Morgan fingerprint density at radius 1 is 1.00 bits per heavy atom. The van der Waals surface area contributed by atoms with Gasteiger partial charge in [-0.3, -0.25) is 4.57 Å².